The van der Waals surface area contributed by atoms with Crippen LogP contribution in [0.4, 0.5) is 16.2 Å². The topological polar surface area (TPSA) is 105 Å². The number of amides is 2. The average Bonchev–Trinajstić information content (AvgIpc) is 2.74. The standard InChI is InChI=1S/C23H26N4O3S/c1-17(19-8-14-22(15-9-19)31(24,29)30)25-23(28)26-20-10-12-21(13-11-20)27(2)16-18-6-4-3-5-7-18/h3-15,17H,16H2,1-2H3,(H2,24,29,30)(H2,25,26,28). The maximum atomic E-state index is 12.3. The van der Waals surface area contributed by atoms with Gasteiger partial charge >= 0.3 is 6.03 Å². The summed E-state index contributed by atoms with van der Waals surface area (Å²) in [5, 5.41) is 10.7. The molecule has 1 atom stereocenters. The molecule has 3 aromatic carbocycles. The third kappa shape index (κ3) is 6.31. The van der Waals surface area contributed by atoms with Crippen molar-refractivity contribution in [1.82, 2.24) is 5.32 Å². The van der Waals surface area contributed by atoms with Crippen LogP contribution in [0.1, 0.15) is 24.1 Å². The molecule has 0 radical (unpaired) electrons. The molecule has 0 aliphatic rings. The van der Waals surface area contributed by atoms with E-state index in [-0.39, 0.29) is 17.0 Å². The van der Waals surface area contributed by atoms with Crippen LogP contribution in [0.2, 0.25) is 0 Å². The summed E-state index contributed by atoms with van der Waals surface area (Å²) in [6.45, 7) is 2.60. The number of urea groups is 1. The largest absolute Gasteiger partial charge is 0.370 e. The zero-order chi connectivity index (χ0) is 22.4. The summed E-state index contributed by atoms with van der Waals surface area (Å²) in [4.78, 5) is 14.5. The fraction of sp³-hybridized carbons (Fsp3) is 0.174. The Balaban J connectivity index is 1.55. The molecule has 7 nitrogen and oxygen atoms in total. The van der Waals surface area contributed by atoms with Crippen LogP contribution in [0.25, 0.3) is 0 Å². The van der Waals surface area contributed by atoms with Crippen molar-refractivity contribution in [2.24, 2.45) is 5.14 Å². The van der Waals surface area contributed by atoms with Crippen molar-refractivity contribution in [2.75, 3.05) is 17.3 Å². The van der Waals surface area contributed by atoms with Gasteiger partial charge in [-0.1, -0.05) is 42.5 Å². The van der Waals surface area contributed by atoms with Crippen molar-refractivity contribution < 1.29 is 13.2 Å². The molecule has 4 N–H and O–H groups in total. The first kappa shape index (κ1) is 22.3. The third-order valence-electron chi connectivity index (χ3n) is 4.88. The van der Waals surface area contributed by atoms with E-state index in [4.69, 9.17) is 5.14 Å². The van der Waals surface area contributed by atoms with Gasteiger partial charge < -0.3 is 15.5 Å². The molecule has 1 unspecified atom stereocenters. The monoisotopic (exact) mass is 438 g/mol. The molecular formula is C23H26N4O3S. The highest BCUT2D eigenvalue weighted by Gasteiger charge is 2.12. The van der Waals surface area contributed by atoms with E-state index in [0.29, 0.717) is 5.69 Å². The Labute approximate surface area is 182 Å². The summed E-state index contributed by atoms with van der Waals surface area (Å²) in [5.74, 6) is 0. The van der Waals surface area contributed by atoms with Crippen molar-refractivity contribution in [2.45, 2.75) is 24.4 Å². The lowest BCUT2D eigenvalue weighted by atomic mass is 10.1. The number of benzene rings is 3. The van der Waals surface area contributed by atoms with Gasteiger partial charge in [-0.05, 0) is 54.4 Å². The lowest BCUT2D eigenvalue weighted by Gasteiger charge is -2.20. The number of nitrogens with two attached hydrogens (primary N) is 1. The van der Waals surface area contributed by atoms with Gasteiger partial charge in [-0.25, -0.2) is 18.4 Å². The minimum absolute atomic E-state index is 0.0326. The molecular weight excluding hydrogens is 412 g/mol. The molecule has 162 valence electrons. The Morgan fingerprint density at radius 1 is 0.968 bits per heavy atom. The average molecular weight is 439 g/mol. The first-order valence-corrected chi connectivity index (χ1v) is 11.3. The first-order chi connectivity index (χ1) is 14.7. The van der Waals surface area contributed by atoms with Crippen molar-refractivity contribution >= 4 is 27.4 Å². The molecule has 0 saturated heterocycles. The van der Waals surface area contributed by atoms with Crippen LogP contribution in [0.3, 0.4) is 0 Å². The third-order valence-corrected chi connectivity index (χ3v) is 5.81. The number of carbonyl (C=O) groups excluding carboxylic acids is 1. The summed E-state index contributed by atoms with van der Waals surface area (Å²) in [7, 11) is -1.72. The Kier molecular flexibility index (Phi) is 6.94. The normalized spacial score (nSPS) is 12.1. The number of sulfonamides is 1. The Bertz CT molecular complexity index is 1120. The molecule has 0 bridgehead atoms. The Hall–Kier alpha value is -3.36. The van der Waals surface area contributed by atoms with Crippen LogP contribution in [0.15, 0.2) is 83.8 Å². The minimum Gasteiger partial charge on any atom is -0.370 e. The lowest BCUT2D eigenvalue weighted by Crippen LogP contribution is -2.31. The quantitative estimate of drug-likeness (QED) is 0.521. The lowest BCUT2D eigenvalue weighted by molar-refractivity contribution is 0.249. The van der Waals surface area contributed by atoms with Crippen molar-refractivity contribution in [3.05, 3.63) is 90.0 Å². The number of nitrogens with zero attached hydrogens (tertiary/aromatic N) is 1. The molecule has 0 heterocycles. The van der Waals surface area contributed by atoms with Gasteiger partial charge in [0.25, 0.3) is 0 Å². The molecule has 3 rings (SSSR count). The van der Waals surface area contributed by atoms with Crippen LogP contribution in [-0.2, 0) is 16.6 Å². The van der Waals surface area contributed by atoms with Crippen LogP contribution >= 0.6 is 0 Å². The van der Waals surface area contributed by atoms with E-state index in [1.165, 1.54) is 17.7 Å². The maximum absolute atomic E-state index is 12.3. The Morgan fingerprint density at radius 3 is 2.16 bits per heavy atom. The summed E-state index contributed by atoms with van der Waals surface area (Å²) < 4.78 is 22.7. The molecule has 0 aromatic heterocycles. The van der Waals surface area contributed by atoms with E-state index in [1.807, 2.05) is 56.4 Å². The smallest absolute Gasteiger partial charge is 0.319 e. The van der Waals surface area contributed by atoms with Gasteiger partial charge in [0.1, 0.15) is 0 Å². The summed E-state index contributed by atoms with van der Waals surface area (Å²) in [5.41, 5.74) is 3.70. The predicted octanol–water partition coefficient (Wildman–Crippen LogP) is 3.85. The van der Waals surface area contributed by atoms with E-state index in [2.05, 4.69) is 27.7 Å². The van der Waals surface area contributed by atoms with Crippen molar-refractivity contribution in [3.8, 4) is 0 Å². The molecule has 31 heavy (non-hydrogen) atoms. The highest BCUT2D eigenvalue weighted by molar-refractivity contribution is 7.89. The van der Waals surface area contributed by atoms with Crippen LogP contribution < -0.4 is 20.7 Å². The maximum Gasteiger partial charge on any atom is 0.319 e. The highest BCUT2D eigenvalue weighted by Crippen LogP contribution is 2.20. The molecule has 3 aromatic rings. The SMILES string of the molecule is CC(NC(=O)Nc1ccc(N(C)Cc2ccccc2)cc1)c1ccc(S(N)(=O)=O)cc1. The first-order valence-electron chi connectivity index (χ1n) is 9.78. The number of nitrogens with one attached hydrogen (secondary N) is 2. The van der Waals surface area contributed by atoms with Gasteiger partial charge in [-0.3, -0.25) is 0 Å². The van der Waals surface area contributed by atoms with E-state index in [9.17, 15) is 13.2 Å². The summed E-state index contributed by atoms with van der Waals surface area (Å²) in [6, 6.07) is 23.2. The van der Waals surface area contributed by atoms with E-state index >= 15 is 0 Å². The summed E-state index contributed by atoms with van der Waals surface area (Å²) in [6.07, 6.45) is 0. The molecule has 2 amide bonds. The van der Waals surface area contributed by atoms with Crippen molar-refractivity contribution in [1.29, 1.82) is 0 Å². The summed E-state index contributed by atoms with van der Waals surface area (Å²) >= 11 is 0. The van der Waals surface area contributed by atoms with Gasteiger partial charge in [-0.2, -0.15) is 0 Å². The molecule has 0 spiro atoms. The zero-order valence-corrected chi connectivity index (χ0v) is 18.3. The highest BCUT2D eigenvalue weighted by atomic mass is 32.2. The fourth-order valence-electron chi connectivity index (χ4n) is 3.14. The second-order valence-corrected chi connectivity index (χ2v) is 8.88. The number of primary sulfonamides is 1. The van der Waals surface area contributed by atoms with Crippen LogP contribution in [-0.4, -0.2) is 21.5 Å². The molecule has 0 fully saturated rings. The molecule has 0 saturated carbocycles. The number of hydrogen-bond acceptors (Lipinski definition) is 4. The predicted molar refractivity (Wildman–Crippen MR) is 123 cm³/mol. The van der Waals surface area contributed by atoms with E-state index < -0.39 is 10.0 Å². The molecule has 8 heteroatoms. The van der Waals surface area contributed by atoms with Crippen LogP contribution in [0, 0.1) is 0 Å². The number of carbonyl (C=O) groups is 1. The van der Waals surface area contributed by atoms with Crippen LogP contribution in [0.5, 0.6) is 0 Å². The van der Waals surface area contributed by atoms with Gasteiger partial charge in [-0.15, -0.1) is 0 Å². The number of rotatable bonds is 7. The van der Waals surface area contributed by atoms with E-state index in [1.54, 1.807) is 12.1 Å². The van der Waals surface area contributed by atoms with E-state index in [0.717, 1.165) is 17.8 Å². The Morgan fingerprint density at radius 2 is 1.58 bits per heavy atom. The van der Waals surface area contributed by atoms with Gasteiger partial charge in [0.2, 0.25) is 10.0 Å². The van der Waals surface area contributed by atoms with Crippen molar-refractivity contribution in [3.63, 3.8) is 0 Å². The van der Waals surface area contributed by atoms with Gasteiger partial charge in [0.15, 0.2) is 0 Å². The number of hydrogen-bond donors (Lipinski definition) is 3. The molecule has 0 aliphatic carbocycles. The second-order valence-electron chi connectivity index (χ2n) is 7.32. The second kappa shape index (κ2) is 9.63. The minimum atomic E-state index is -3.74. The van der Waals surface area contributed by atoms with Gasteiger partial charge in [0.05, 0.1) is 10.9 Å². The zero-order valence-electron chi connectivity index (χ0n) is 17.4. The number of anilines is 2. The fourth-order valence-corrected chi connectivity index (χ4v) is 3.66. The molecule has 0 aliphatic heterocycles. The van der Waals surface area contributed by atoms with Gasteiger partial charge in [0, 0.05) is 25.0 Å².